The van der Waals surface area contributed by atoms with E-state index in [4.69, 9.17) is 9.47 Å². The molecule has 0 aliphatic rings. The molecule has 2 amide bonds. The molecule has 1 heterocycles. The van der Waals surface area contributed by atoms with Gasteiger partial charge in [0.15, 0.2) is 11.5 Å². The number of benzene rings is 3. The van der Waals surface area contributed by atoms with Crippen molar-refractivity contribution in [3.05, 3.63) is 89.6 Å². The molecule has 0 bridgehead atoms. The first kappa shape index (κ1) is 25.8. The summed E-state index contributed by atoms with van der Waals surface area (Å²) in [7, 11) is 3.22. The van der Waals surface area contributed by atoms with Crippen LogP contribution in [-0.4, -0.2) is 37.6 Å². The number of hydrogen-bond acceptors (Lipinski definition) is 4. The van der Waals surface area contributed by atoms with Gasteiger partial charge in [0.1, 0.15) is 0 Å². The fourth-order valence-corrected chi connectivity index (χ4v) is 4.31. The first-order valence-electron chi connectivity index (χ1n) is 12.2. The van der Waals surface area contributed by atoms with Gasteiger partial charge in [0, 0.05) is 51.8 Å². The molecule has 1 atom stereocenters. The van der Waals surface area contributed by atoms with Crippen molar-refractivity contribution in [2.45, 2.75) is 26.7 Å². The number of aromatic amines is 1. The molecule has 4 rings (SSSR count). The topological polar surface area (TPSA) is 92.5 Å². The van der Waals surface area contributed by atoms with Crippen LogP contribution in [0.2, 0.25) is 0 Å². The molecule has 3 N–H and O–H groups in total. The summed E-state index contributed by atoms with van der Waals surface area (Å²) in [5.41, 5.74) is 3.45. The van der Waals surface area contributed by atoms with E-state index in [1.807, 2.05) is 63.4 Å². The van der Waals surface area contributed by atoms with Crippen molar-refractivity contribution >= 4 is 28.4 Å². The molecule has 0 fully saturated rings. The van der Waals surface area contributed by atoms with E-state index in [0.29, 0.717) is 29.3 Å². The molecule has 1 unspecified atom stereocenters. The summed E-state index contributed by atoms with van der Waals surface area (Å²) in [5, 5.41) is 7.04. The lowest BCUT2D eigenvalue weighted by molar-refractivity contribution is -0.123. The van der Waals surface area contributed by atoms with Gasteiger partial charge in [0.05, 0.1) is 14.2 Å². The smallest absolute Gasteiger partial charge is 0.251 e. The van der Waals surface area contributed by atoms with Gasteiger partial charge in [-0.3, -0.25) is 9.59 Å². The van der Waals surface area contributed by atoms with Crippen molar-refractivity contribution in [3.63, 3.8) is 0 Å². The van der Waals surface area contributed by atoms with E-state index in [1.54, 1.807) is 38.5 Å². The molecule has 192 valence electrons. The monoisotopic (exact) mass is 499 g/mol. The van der Waals surface area contributed by atoms with Crippen LogP contribution in [-0.2, 0) is 4.79 Å². The zero-order chi connectivity index (χ0) is 26.6. The predicted molar refractivity (Wildman–Crippen MR) is 147 cm³/mol. The van der Waals surface area contributed by atoms with Gasteiger partial charge in [-0.2, -0.15) is 0 Å². The number of ether oxygens (including phenoxy) is 2. The number of methoxy groups -OCH3 is 2. The maximum absolute atomic E-state index is 13.2. The first-order valence-corrected chi connectivity index (χ1v) is 12.2. The van der Waals surface area contributed by atoms with Crippen LogP contribution in [0, 0.1) is 5.41 Å². The van der Waals surface area contributed by atoms with E-state index in [2.05, 4.69) is 21.7 Å². The number of carbonyl (C=O) groups is 2. The number of anilines is 1. The Kier molecular flexibility index (Phi) is 7.53. The number of rotatable bonds is 8. The molecule has 7 heteroatoms. The van der Waals surface area contributed by atoms with Crippen LogP contribution in [0.25, 0.3) is 10.9 Å². The Morgan fingerprint density at radius 2 is 1.68 bits per heavy atom. The number of nitrogens with one attached hydrogen (secondary N) is 3. The van der Waals surface area contributed by atoms with Crippen LogP contribution in [0.4, 0.5) is 5.69 Å². The zero-order valence-corrected chi connectivity index (χ0v) is 21.8. The van der Waals surface area contributed by atoms with Gasteiger partial charge in [-0.15, -0.1) is 0 Å². The van der Waals surface area contributed by atoms with Crippen molar-refractivity contribution in [3.8, 4) is 11.5 Å². The second-order valence-electron chi connectivity index (χ2n) is 9.92. The lowest BCUT2D eigenvalue weighted by atomic mass is 9.89. The van der Waals surface area contributed by atoms with Crippen molar-refractivity contribution < 1.29 is 19.1 Å². The molecule has 0 saturated carbocycles. The van der Waals surface area contributed by atoms with E-state index in [-0.39, 0.29) is 17.7 Å². The van der Waals surface area contributed by atoms with Crippen molar-refractivity contribution in [1.29, 1.82) is 0 Å². The number of hydrogen-bond donors (Lipinski definition) is 3. The summed E-state index contributed by atoms with van der Waals surface area (Å²) in [6.45, 7) is 5.85. The van der Waals surface area contributed by atoms with Crippen molar-refractivity contribution in [2.75, 3.05) is 26.1 Å². The number of fused-ring (bicyclic) bond motifs is 1. The molecular formula is C30H33N3O4. The van der Waals surface area contributed by atoms with Gasteiger partial charge in [-0.05, 0) is 35.9 Å². The maximum Gasteiger partial charge on any atom is 0.251 e. The van der Waals surface area contributed by atoms with Crippen LogP contribution < -0.4 is 20.1 Å². The van der Waals surface area contributed by atoms with Gasteiger partial charge in [0.25, 0.3) is 5.91 Å². The van der Waals surface area contributed by atoms with Gasteiger partial charge in [-0.1, -0.05) is 57.2 Å². The molecule has 0 aliphatic carbocycles. The average molecular weight is 500 g/mol. The quantitative estimate of drug-likeness (QED) is 0.289. The Morgan fingerprint density at radius 3 is 2.41 bits per heavy atom. The highest BCUT2D eigenvalue weighted by Crippen LogP contribution is 2.40. The Bertz CT molecular complexity index is 1420. The Labute approximate surface area is 217 Å². The fraction of sp³-hybridized carbons (Fsp3) is 0.267. The van der Waals surface area contributed by atoms with Gasteiger partial charge >= 0.3 is 0 Å². The van der Waals surface area contributed by atoms with Crippen LogP contribution >= 0.6 is 0 Å². The first-order chi connectivity index (χ1) is 17.7. The predicted octanol–water partition coefficient (Wildman–Crippen LogP) is 5.73. The van der Waals surface area contributed by atoms with Gasteiger partial charge in [-0.25, -0.2) is 0 Å². The van der Waals surface area contributed by atoms with Crippen LogP contribution in [0.3, 0.4) is 0 Å². The number of aromatic nitrogens is 1. The second kappa shape index (κ2) is 10.8. The second-order valence-corrected chi connectivity index (χ2v) is 9.92. The molecule has 4 aromatic rings. The molecule has 0 radical (unpaired) electrons. The molecule has 1 aromatic heterocycles. The SMILES string of the molecule is COc1cccc(C(CNC(=O)c2cccc(NC(=O)C(C)(C)C)c2)c2c[nH]c3ccccc23)c1OC. The minimum Gasteiger partial charge on any atom is -0.493 e. The lowest BCUT2D eigenvalue weighted by Gasteiger charge is -2.22. The highest BCUT2D eigenvalue weighted by Gasteiger charge is 2.25. The third-order valence-electron chi connectivity index (χ3n) is 6.34. The summed E-state index contributed by atoms with van der Waals surface area (Å²) in [6.07, 6.45) is 1.98. The molecule has 37 heavy (non-hydrogen) atoms. The summed E-state index contributed by atoms with van der Waals surface area (Å²) in [5.74, 6) is 0.682. The summed E-state index contributed by atoms with van der Waals surface area (Å²) >= 11 is 0. The molecule has 3 aromatic carbocycles. The third kappa shape index (κ3) is 5.61. The zero-order valence-electron chi connectivity index (χ0n) is 21.8. The van der Waals surface area contributed by atoms with E-state index < -0.39 is 5.41 Å². The largest absolute Gasteiger partial charge is 0.493 e. The molecule has 0 aliphatic heterocycles. The van der Waals surface area contributed by atoms with E-state index in [1.165, 1.54) is 0 Å². The van der Waals surface area contributed by atoms with E-state index >= 15 is 0 Å². The highest BCUT2D eigenvalue weighted by atomic mass is 16.5. The van der Waals surface area contributed by atoms with E-state index in [9.17, 15) is 9.59 Å². The molecule has 0 saturated heterocycles. The Hall–Kier alpha value is -4.26. The van der Waals surface area contributed by atoms with Crippen LogP contribution in [0.15, 0.2) is 72.9 Å². The number of para-hydroxylation sites is 2. The van der Waals surface area contributed by atoms with Crippen LogP contribution in [0.1, 0.15) is 48.2 Å². The maximum atomic E-state index is 13.2. The van der Waals surface area contributed by atoms with Gasteiger partial charge < -0.3 is 25.1 Å². The minimum atomic E-state index is -0.541. The summed E-state index contributed by atoms with van der Waals surface area (Å²) < 4.78 is 11.3. The van der Waals surface area contributed by atoms with Crippen LogP contribution in [0.5, 0.6) is 11.5 Å². The van der Waals surface area contributed by atoms with Gasteiger partial charge in [0.2, 0.25) is 5.91 Å². The van der Waals surface area contributed by atoms with Crippen molar-refractivity contribution in [1.82, 2.24) is 10.3 Å². The number of carbonyl (C=O) groups excluding carboxylic acids is 2. The fourth-order valence-electron chi connectivity index (χ4n) is 4.31. The number of amides is 2. The normalized spacial score (nSPS) is 12.1. The third-order valence-corrected chi connectivity index (χ3v) is 6.34. The lowest BCUT2D eigenvalue weighted by Crippen LogP contribution is -2.30. The highest BCUT2D eigenvalue weighted by molar-refractivity contribution is 5.98. The molecule has 0 spiro atoms. The molecular weight excluding hydrogens is 466 g/mol. The Balaban J connectivity index is 1.64. The average Bonchev–Trinajstić information content (AvgIpc) is 3.32. The number of H-pyrrole nitrogens is 1. The summed E-state index contributed by atoms with van der Waals surface area (Å²) in [6, 6.07) is 20.8. The standard InChI is InChI=1S/C30H33N3O4/c1-30(2,3)29(35)33-20-11-8-10-19(16-20)28(34)32-18-24(22-13-9-15-26(36-4)27(22)37-5)23-17-31-25-14-7-6-12-21(23)25/h6-17,24,31H,18H2,1-5H3,(H,32,34)(H,33,35). The van der Waals surface area contributed by atoms with E-state index in [0.717, 1.165) is 22.0 Å². The summed E-state index contributed by atoms with van der Waals surface area (Å²) in [4.78, 5) is 29.0. The Morgan fingerprint density at radius 1 is 0.919 bits per heavy atom. The molecule has 7 nitrogen and oxygen atoms in total. The minimum absolute atomic E-state index is 0.116. The van der Waals surface area contributed by atoms with Crippen molar-refractivity contribution in [2.24, 2.45) is 5.41 Å².